The van der Waals surface area contributed by atoms with Gasteiger partial charge in [0.25, 0.3) is 0 Å². The third kappa shape index (κ3) is 2.92. The molecular formula is C16H21IO2. The Balaban J connectivity index is 1.55. The summed E-state index contributed by atoms with van der Waals surface area (Å²) in [4.78, 5) is 0. The molecule has 1 aromatic rings. The lowest BCUT2D eigenvalue weighted by Crippen LogP contribution is -2.29. The van der Waals surface area contributed by atoms with Gasteiger partial charge in [-0.15, -0.1) is 0 Å². The molecule has 104 valence electrons. The van der Waals surface area contributed by atoms with Gasteiger partial charge in [0.15, 0.2) is 0 Å². The van der Waals surface area contributed by atoms with Crippen molar-refractivity contribution in [2.75, 3.05) is 6.61 Å². The van der Waals surface area contributed by atoms with E-state index in [-0.39, 0.29) is 0 Å². The number of halogens is 1. The van der Waals surface area contributed by atoms with Gasteiger partial charge >= 0.3 is 0 Å². The molecule has 2 aliphatic rings. The molecule has 1 heterocycles. The van der Waals surface area contributed by atoms with Gasteiger partial charge in [-0.3, -0.25) is 0 Å². The number of hydrogen-bond donors (Lipinski definition) is 0. The van der Waals surface area contributed by atoms with Gasteiger partial charge in [0.2, 0.25) is 0 Å². The van der Waals surface area contributed by atoms with Crippen molar-refractivity contribution in [1.29, 1.82) is 0 Å². The Morgan fingerprint density at radius 1 is 1.37 bits per heavy atom. The minimum Gasteiger partial charge on any atom is -0.493 e. The van der Waals surface area contributed by atoms with Crippen LogP contribution in [0.5, 0.6) is 5.75 Å². The maximum Gasteiger partial charge on any atom is 0.119 e. The molecule has 1 aromatic carbocycles. The third-order valence-corrected chi connectivity index (χ3v) is 5.26. The normalized spacial score (nSPS) is 31.0. The number of benzene rings is 1. The first-order chi connectivity index (χ1) is 9.19. The van der Waals surface area contributed by atoms with Crippen LogP contribution >= 0.6 is 22.6 Å². The Bertz CT molecular complexity index is 429. The second-order valence-corrected chi connectivity index (χ2v) is 7.67. The minimum atomic E-state index is 0.517. The van der Waals surface area contributed by atoms with Crippen molar-refractivity contribution < 1.29 is 9.47 Å². The second-order valence-electron chi connectivity index (χ2n) is 5.71. The van der Waals surface area contributed by atoms with Crippen molar-refractivity contribution in [2.45, 2.75) is 48.7 Å². The fourth-order valence-electron chi connectivity index (χ4n) is 3.00. The van der Waals surface area contributed by atoms with Gasteiger partial charge in [0.1, 0.15) is 5.75 Å². The molecule has 1 saturated carbocycles. The van der Waals surface area contributed by atoms with Gasteiger partial charge in [0.05, 0.1) is 18.8 Å². The summed E-state index contributed by atoms with van der Waals surface area (Å²) in [5.41, 5.74) is 1.42. The molecular weight excluding hydrogens is 351 g/mol. The zero-order chi connectivity index (χ0) is 13.4. The highest BCUT2D eigenvalue weighted by Gasteiger charge is 2.56. The molecule has 5 atom stereocenters. The average Bonchev–Trinajstić information content (AvgIpc) is 3.03. The number of rotatable bonds is 6. The summed E-state index contributed by atoms with van der Waals surface area (Å²) in [6.45, 7) is 5.34. The fraction of sp³-hybridized carbons (Fsp3) is 0.625. The number of epoxide rings is 1. The van der Waals surface area contributed by atoms with Gasteiger partial charge in [-0.1, -0.05) is 48.6 Å². The second kappa shape index (κ2) is 5.60. The Kier molecular flexibility index (Phi) is 4.03. The van der Waals surface area contributed by atoms with E-state index in [0.29, 0.717) is 28.0 Å². The van der Waals surface area contributed by atoms with Crippen LogP contribution in [0, 0.1) is 5.92 Å². The zero-order valence-electron chi connectivity index (χ0n) is 11.5. The summed E-state index contributed by atoms with van der Waals surface area (Å²) in [5.74, 6) is 2.26. The summed E-state index contributed by atoms with van der Waals surface area (Å²) in [6.07, 6.45) is 3.47. The lowest BCUT2D eigenvalue weighted by Gasteiger charge is -2.21. The van der Waals surface area contributed by atoms with E-state index in [1.54, 1.807) is 0 Å². The largest absolute Gasteiger partial charge is 0.493 e. The standard InChI is InChI=1S/C16H21IO2/c1-3-14(10(2)17)11-4-6-13(7-5-11)18-9-12-8-15-16(12)19-15/h4-7,10,12,14-16H,3,8-9H2,1-2H3. The predicted molar refractivity (Wildman–Crippen MR) is 85.2 cm³/mol. The first-order valence-corrected chi connectivity index (χ1v) is 8.46. The summed E-state index contributed by atoms with van der Waals surface area (Å²) in [7, 11) is 0. The molecule has 2 nitrogen and oxygen atoms in total. The molecule has 3 rings (SSSR count). The van der Waals surface area contributed by atoms with E-state index in [1.165, 1.54) is 18.4 Å². The van der Waals surface area contributed by atoms with Gasteiger partial charge in [-0.05, 0) is 36.5 Å². The molecule has 1 aliphatic heterocycles. The van der Waals surface area contributed by atoms with Crippen LogP contribution in [0.3, 0.4) is 0 Å². The van der Waals surface area contributed by atoms with Crippen LogP contribution in [0.15, 0.2) is 24.3 Å². The summed E-state index contributed by atoms with van der Waals surface area (Å²) >= 11 is 2.52. The maximum atomic E-state index is 5.85. The molecule has 0 N–H and O–H groups in total. The van der Waals surface area contributed by atoms with Crippen molar-refractivity contribution in [3.8, 4) is 5.75 Å². The Morgan fingerprint density at radius 3 is 2.58 bits per heavy atom. The number of ether oxygens (including phenoxy) is 2. The van der Waals surface area contributed by atoms with Crippen LogP contribution in [0.1, 0.15) is 38.2 Å². The van der Waals surface area contributed by atoms with E-state index >= 15 is 0 Å². The highest BCUT2D eigenvalue weighted by molar-refractivity contribution is 14.1. The maximum absolute atomic E-state index is 5.85. The quantitative estimate of drug-likeness (QED) is 0.425. The average molecular weight is 372 g/mol. The first kappa shape index (κ1) is 13.7. The van der Waals surface area contributed by atoms with Crippen molar-refractivity contribution in [3.05, 3.63) is 29.8 Å². The van der Waals surface area contributed by atoms with Crippen molar-refractivity contribution >= 4 is 22.6 Å². The van der Waals surface area contributed by atoms with E-state index in [4.69, 9.17) is 9.47 Å². The summed E-state index contributed by atoms with van der Waals surface area (Å²) in [6, 6.07) is 8.66. The molecule has 0 spiro atoms. The topological polar surface area (TPSA) is 21.8 Å². The highest BCUT2D eigenvalue weighted by Crippen LogP contribution is 2.46. The molecule has 1 saturated heterocycles. The zero-order valence-corrected chi connectivity index (χ0v) is 13.7. The molecule has 2 fully saturated rings. The molecule has 1 aliphatic carbocycles. The molecule has 0 amide bonds. The summed E-state index contributed by atoms with van der Waals surface area (Å²) in [5, 5.41) is 0. The molecule has 5 unspecified atom stereocenters. The van der Waals surface area contributed by atoms with Crippen molar-refractivity contribution in [3.63, 3.8) is 0 Å². The molecule has 3 heteroatoms. The van der Waals surface area contributed by atoms with Crippen molar-refractivity contribution in [1.82, 2.24) is 0 Å². The van der Waals surface area contributed by atoms with E-state index in [0.717, 1.165) is 12.4 Å². The minimum absolute atomic E-state index is 0.517. The SMILES string of the molecule is CCC(c1ccc(OCC2CC3OC23)cc1)C(C)I. The fourth-order valence-corrected chi connectivity index (χ4v) is 3.92. The van der Waals surface area contributed by atoms with Gasteiger partial charge in [0, 0.05) is 9.84 Å². The van der Waals surface area contributed by atoms with E-state index in [9.17, 15) is 0 Å². The molecule has 0 aromatic heterocycles. The van der Waals surface area contributed by atoms with Gasteiger partial charge < -0.3 is 9.47 Å². The van der Waals surface area contributed by atoms with Crippen LogP contribution in [-0.4, -0.2) is 22.7 Å². The Hall–Kier alpha value is -0.290. The third-order valence-electron chi connectivity index (χ3n) is 4.39. The van der Waals surface area contributed by atoms with Crippen LogP contribution < -0.4 is 4.74 Å². The number of fused-ring (bicyclic) bond motifs is 1. The van der Waals surface area contributed by atoms with E-state index in [1.807, 2.05) is 0 Å². The smallest absolute Gasteiger partial charge is 0.119 e. The van der Waals surface area contributed by atoms with Crippen LogP contribution in [-0.2, 0) is 4.74 Å². The van der Waals surface area contributed by atoms with Gasteiger partial charge in [-0.2, -0.15) is 0 Å². The van der Waals surface area contributed by atoms with Crippen LogP contribution in [0.4, 0.5) is 0 Å². The number of hydrogen-bond acceptors (Lipinski definition) is 2. The van der Waals surface area contributed by atoms with E-state index < -0.39 is 0 Å². The molecule has 19 heavy (non-hydrogen) atoms. The Morgan fingerprint density at radius 2 is 2.11 bits per heavy atom. The molecule has 0 radical (unpaired) electrons. The van der Waals surface area contributed by atoms with Crippen LogP contribution in [0.25, 0.3) is 0 Å². The number of alkyl halides is 1. The lowest BCUT2D eigenvalue weighted by atomic mass is 9.86. The van der Waals surface area contributed by atoms with Crippen LogP contribution in [0.2, 0.25) is 0 Å². The molecule has 0 bridgehead atoms. The Labute approximate surface area is 129 Å². The predicted octanol–water partition coefficient (Wildman–Crippen LogP) is 4.17. The lowest BCUT2D eigenvalue weighted by molar-refractivity contribution is 0.204. The monoisotopic (exact) mass is 372 g/mol. The highest BCUT2D eigenvalue weighted by atomic mass is 127. The van der Waals surface area contributed by atoms with Gasteiger partial charge in [-0.25, -0.2) is 0 Å². The van der Waals surface area contributed by atoms with E-state index in [2.05, 4.69) is 60.7 Å². The van der Waals surface area contributed by atoms with Crippen molar-refractivity contribution in [2.24, 2.45) is 5.92 Å². The first-order valence-electron chi connectivity index (χ1n) is 7.21. The summed E-state index contributed by atoms with van der Waals surface area (Å²) < 4.78 is 12.0.